The fourth-order valence-electron chi connectivity index (χ4n) is 3.43. The first kappa shape index (κ1) is 26.7. The molecular weight excluding hydrogens is 562 g/mol. The van der Waals surface area contributed by atoms with Crippen molar-refractivity contribution in [1.82, 2.24) is 10.6 Å². The zero-order chi connectivity index (χ0) is 23.8. The molecule has 0 aliphatic rings. The minimum atomic E-state index is -0.627. The van der Waals surface area contributed by atoms with E-state index in [1.54, 1.807) is 20.8 Å². The summed E-state index contributed by atoms with van der Waals surface area (Å²) in [5, 5.41) is 6.81. The first-order valence-corrected chi connectivity index (χ1v) is 12.7. The lowest BCUT2D eigenvalue weighted by atomic mass is 9.71. The Hall–Kier alpha value is -1.51. The monoisotopic (exact) mass is 590 g/mol. The van der Waals surface area contributed by atoms with E-state index in [1.807, 2.05) is 48.5 Å². The summed E-state index contributed by atoms with van der Waals surface area (Å²) < 4.78 is 6.17. The minimum Gasteiger partial charge on any atom is -0.444 e. The van der Waals surface area contributed by atoms with Gasteiger partial charge in [0.25, 0.3) is 0 Å². The van der Waals surface area contributed by atoms with Crippen molar-refractivity contribution in [3.8, 4) is 0 Å². The van der Waals surface area contributed by atoms with Crippen molar-refractivity contribution < 1.29 is 14.3 Å². The fourth-order valence-corrected chi connectivity index (χ4v) is 4.07. The summed E-state index contributed by atoms with van der Waals surface area (Å²) >= 11 is 14.6. The van der Waals surface area contributed by atoms with E-state index in [0.29, 0.717) is 16.6 Å². The summed E-state index contributed by atoms with van der Waals surface area (Å²) in [7, 11) is 0. The molecule has 2 aromatic rings. The molecule has 0 fully saturated rings. The smallest absolute Gasteiger partial charge is 0.408 e. The molecule has 2 rings (SSSR count). The second-order valence-corrected chi connectivity index (χ2v) is 10.5. The van der Waals surface area contributed by atoms with Crippen LogP contribution >= 0.6 is 45.8 Å². The van der Waals surface area contributed by atoms with Crippen LogP contribution in [0.4, 0.5) is 4.79 Å². The Morgan fingerprint density at radius 3 is 1.84 bits per heavy atom. The van der Waals surface area contributed by atoms with Gasteiger partial charge in [0.2, 0.25) is 5.91 Å². The molecule has 0 radical (unpaired) electrons. The Balaban J connectivity index is 2.25. The third kappa shape index (κ3) is 8.12. The quantitative estimate of drug-likeness (QED) is 0.272. The SMILES string of the molecule is CC(C)(C)OC(=O)NCC(=O)NCC(CCCI)(c1ccc(Cl)cc1)c1ccc(Cl)cc1. The Bertz CT molecular complexity index is 851. The van der Waals surface area contributed by atoms with Crippen LogP contribution in [-0.4, -0.2) is 35.1 Å². The summed E-state index contributed by atoms with van der Waals surface area (Å²) in [4.78, 5) is 24.5. The Morgan fingerprint density at radius 2 is 1.41 bits per heavy atom. The maximum Gasteiger partial charge on any atom is 0.408 e. The van der Waals surface area contributed by atoms with Crippen LogP contribution in [0.5, 0.6) is 0 Å². The molecule has 0 aliphatic heterocycles. The number of benzene rings is 2. The average molecular weight is 591 g/mol. The van der Waals surface area contributed by atoms with Crippen molar-refractivity contribution >= 4 is 57.8 Å². The molecule has 0 saturated heterocycles. The molecule has 0 aliphatic carbocycles. The predicted molar refractivity (Wildman–Crippen MR) is 139 cm³/mol. The van der Waals surface area contributed by atoms with Crippen molar-refractivity contribution in [2.24, 2.45) is 0 Å². The van der Waals surface area contributed by atoms with Gasteiger partial charge < -0.3 is 15.4 Å². The number of ether oxygens (including phenoxy) is 1. The summed E-state index contributed by atoms with van der Waals surface area (Å²) in [5.41, 5.74) is 1.00. The molecule has 0 unspecified atom stereocenters. The van der Waals surface area contributed by atoms with Crippen molar-refractivity contribution in [3.05, 3.63) is 69.7 Å². The number of hydrogen-bond donors (Lipinski definition) is 2. The highest BCUT2D eigenvalue weighted by atomic mass is 127. The number of carbonyl (C=O) groups is 2. The first-order chi connectivity index (χ1) is 15.1. The zero-order valence-corrected chi connectivity index (χ0v) is 22.2. The molecule has 0 aromatic heterocycles. The maximum atomic E-state index is 12.6. The fraction of sp³-hybridized carbons (Fsp3) is 0.417. The van der Waals surface area contributed by atoms with Crippen LogP contribution < -0.4 is 10.6 Å². The second kappa shape index (κ2) is 12.1. The summed E-state index contributed by atoms with van der Waals surface area (Å²) in [5.74, 6) is -0.294. The molecule has 2 N–H and O–H groups in total. The summed E-state index contributed by atoms with van der Waals surface area (Å²) in [6, 6.07) is 15.4. The van der Waals surface area contributed by atoms with Crippen LogP contribution in [0.25, 0.3) is 0 Å². The Morgan fingerprint density at radius 1 is 0.906 bits per heavy atom. The molecule has 174 valence electrons. The highest BCUT2D eigenvalue weighted by Gasteiger charge is 2.34. The van der Waals surface area contributed by atoms with E-state index in [-0.39, 0.29) is 12.5 Å². The van der Waals surface area contributed by atoms with Gasteiger partial charge in [-0.3, -0.25) is 4.79 Å². The summed E-state index contributed by atoms with van der Waals surface area (Å²) in [6.45, 7) is 5.51. The molecular formula is C24H29Cl2IN2O3. The highest BCUT2D eigenvalue weighted by molar-refractivity contribution is 14.1. The van der Waals surface area contributed by atoms with Crippen molar-refractivity contribution in [3.63, 3.8) is 0 Å². The van der Waals surface area contributed by atoms with Gasteiger partial charge in [-0.25, -0.2) is 4.79 Å². The highest BCUT2D eigenvalue weighted by Crippen LogP contribution is 2.38. The lowest BCUT2D eigenvalue weighted by Gasteiger charge is -2.36. The number of alkyl halides is 1. The number of alkyl carbamates (subject to hydrolysis) is 1. The predicted octanol–water partition coefficient (Wildman–Crippen LogP) is 6.14. The Kier molecular flexibility index (Phi) is 10.1. The van der Waals surface area contributed by atoms with Crippen molar-refractivity contribution in [2.75, 3.05) is 17.5 Å². The van der Waals surface area contributed by atoms with E-state index >= 15 is 0 Å². The van der Waals surface area contributed by atoms with E-state index in [2.05, 4.69) is 33.2 Å². The van der Waals surface area contributed by atoms with Gasteiger partial charge in [-0.05, 0) is 73.4 Å². The van der Waals surface area contributed by atoms with Crippen LogP contribution in [0.1, 0.15) is 44.7 Å². The van der Waals surface area contributed by atoms with Crippen LogP contribution in [-0.2, 0) is 14.9 Å². The van der Waals surface area contributed by atoms with Gasteiger partial charge in [0.15, 0.2) is 0 Å². The van der Waals surface area contributed by atoms with Gasteiger partial charge in [0.1, 0.15) is 5.60 Å². The molecule has 5 nitrogen and oxygen atoms in total. The molecule has 0 bridgehead atoms. The average Bonchev–Trinajstić information content (AvgIpc) is 2.73. The van der Waals surface area contributed by atoms with Crippen molar-refractivity contribution in [2.45, 2.75) is 44.6 Å². The third-order valence-electron chi connectivity index (χ3n) is 4.91. The second-order valence-electron chi connectivity index (χ2n) is 8.52. The molecule has 8 heteroatoms. The number of carbonyl (C=O) groups excluding carboxylic acids is 2. The number of amides is 2. The van der Waals surface area contributed by atoms with E-state index in [4.69, 9.17) is 27.9 Å². The van der Waals surface area contributed by atoms with E-state index < -0.39 is 17.1 Å². The van der Waals surface area contributed by atoms with E-state index in [0.717, 1.165) is 28.4 Å². The van der Waals surface area contributed by atoms with Gasteiger partial charge >= 0.3 is 6.09 Å². The van der Waals surface area contributed by atoms with Crippen LogP contribution in [0.3, 0.4) is 0 Å². The topological polar surface area (TPSA) is 67.4 Å². The largest absolute Gasteiger partial charge is 0.444 e. The van der Waals surface area contributed by atoms with Crippen LogP contribution in [0.2, 0.25) is 10.0 Å². The van der Waals surface area contributed by atoms with Gasteiger partial charge in [-0.15, -0.1) is 0 Å². The van der Waals surface area contributed by atoms with Gasteiger partial charge in [-0.2, -0.15) is 0 Å². The Labute approximate surface area is 213 Å². The van der Waals surface area contributed by atoms with Gasteiger partial charge in [-0.1, -0.05) is 70.1 Å². The maximum absolute atomic E-state index is 12.6. The normalized spacial score (nSPS) is 11.7. The summed E-state index contributed by atoms with van der Waals surface area (Å²) in [6.07, 6.45) is 1.15. The molecule has 32 heavy (non-hydrogen) atoms. The van der Waals surface area contributed by atoms with Crippen LogP contribution in [0.15, 0.2) is 48.5 Å². The third-order valence-corrected chi connectivity index (χ3v) is 6.18. The molecule has 2 amide bonds. The van der Waals surface area contributed by atoms with Crippen LogP contribution in [0, 0.1) is 0 Å². The zero-order valence-electron chi connectivity index (χ0n) is 18.5. The molecule has 0 spiro atoms. The molecule has 0 atom stereocenters. The molecule has 0 heterocycles. The molecule has 2 aromatic carbocycles. The standard InChI is InChI=1S/C24H29Cl2IN2O3/c1-23(2,3)32-22(31)28-15-21(30)29-16-24(13-4-14-27,17-5-9-19(25)10-6-17)18-7-11-20(26)12-8-18/h5-12H,4,13-16H2,1-3H3,(H,28,31)(H,29,30). The molecule has 0 saturated carbocycles. The number of hydrogen-bond acceptors (Lipinski definition) is 3. The lowest BCUT2D eigenvalue weighted by Crippen LogP contribution is -2.45. The van der Waals surface area contributed by atoms with Gasteiger partial charge in [0.05, 0.1) is 6.54 Å². The van der Waals surface area contributed by atoms with E-state index in [9.17, 15) is 9.59 Å². The van der Waals surface area contributed by atoms with E-state index in [1.165, 1.54) is 0 Å². The van der Waals surface area contributed by atoms with Crippen molar-refractivity contribution in [1.29, 1.82) is 0 Å². The number of rotatable bonds is 9. The minimum absolute atomic E-state index is 0.168. The van der Waals surface area contributed by atoms with Gasteiger partial charge in [0, 0.05) is 22.0 Å². The number of halogens is 3. The number of nitrogens with one attached hydrogen (secondary N) is 2. The first-order valence-electron chi connectivity index (χ1n) is 10.4. The lowest BCUT2D eigenvalue weighted by molar-refractivity contribution is -0.120.